The first-order valence-electron chi connectivity index (χ1n) is 10.9. The Balaban J connectivity index is 1.81. The molecule has 172 valence electrons. The van der Waals surface area contributed by atoms with E-state index in [1.807, 2.05) is 0 Å². The third kappa shape index (κ3) is 4.73. The summed E-state index contributed by atoms with van der Waals surface area (Å²) in [5.41, 5.74) is 7.99. The minimum absolute atomic E-state index is 0.0553. The summed E-state index contributed by atoms with van der Waals surface area (Å²) in [7, 11) is 0. The van der Waals surface area contributed by atoms with Crippen LogP contribution in [0.5, 0.6) is 0 Å². The fourth-order valence-corrected chi connectivity index (χ4v) is 4.27. The van der Waals surface area contributed by atoms with Crippen LogP contribution in [-0.2, 0) is 11.2 Å². The van der Waals surface area contributed by atoms with Crippen LogP contribution < -0.4 is 5.73 Å². The number of benzene rings is 3. The lowest BCUT2D eigenvalue weighted by atomic mass is 9.91. The summed E-state index contributed by atoms with van der Waals surface area (Å²) in [4.78, 5) is 26.0. The first-order valence-corrected chi connectivity index (χ1v) is 10.9. The smallest absolute Gasteiger partial charge is 0.253 e. The molecule has 0 saturated carbocycles. The number of carbonyl (C=O) groups is 2. The molecule has 3 aromatic carbocycles. The molecule has 4 rings (SSSR count). The lowest BCUT2D eigenvalue weighted by molar-refractivity contribution is -0.116. The molecule has 7 heteroatoms. The van der Waals surface area contributed by atoms with Gasteiger partial charge in [-0.1, -0.05) is 24.3 Å². The van der Waals surface area contributed by atoms with Gasteiger partial charge < -0.3 is 10.6 Å². The van der Waals surface area contributed by atoms with E-state index >= 15 is 4.39 Å². The fourth-order valence-electron chi connectivity index (χ4n) is 4.27. The van der Waals surface area contributed by atoms with Gasteiger partial charge in [-0.25, -0.2) is 8.78 Å². The molecule has 1 aliphatic rings. The molecular weight excluding hydrogens is 436 g/mol. The van der Waals surface area contributed by atoms with Crippen LogP contribution in [0.15, 0.2) is 54.6 Å². The van der Waals surface area contributed by atoms with Gasteiger partial charge in [0.15, 0.2) is 0 Å². The summed E-state index contributed by atoms with van der Waals surface area (Å²) >= 11 is 0. The van der Waals surface area contributed by atoms with Crippen molar-refractivity contribution < 1.29 is 18.4 Å². The molecule has 0 radical (unpaired) electrons. The van der Waals surface area contributed by atoms with Gasteiger partial charge in [0.05, 0.1) is 5.56 Å². The van der Waals surface area contributed by atoms with Gasteiger partial charge in [0, 0.05) is 36.7 Å². The molecule has 1 amide bonds. The van der Waals surface area contributed by atoms with E-state index in [0.29, 0.717) is 40.9 Å². The third-order valence-electron chi connectivity index (χ3n) is 5.94. The highest BCUT2D eigenvalue weighted by Gasteiger charge is 2.25. The minimum Gasteiger partial charge on any atom is -0.337 e. The first kappa shape index (κ1) is 23.3. The second-order valence-corrected chi connectivity index (χ2v) is 8.56. The van der Waals surface area contributed by atoms with Gasteiger partial charge >= 0.3 is 0 Å². The summed E-state index contributed by atoms with van der Waals surface area (Å²) in [5.74, 6) is -1.60. The number of rotatable bonds is 5. The molecule has 3 aromatic rings. The maximum Gasteiger partial charge on any atom is 0.253 e. The number of hydrogen-bond acceptors (Lipinski definition) is 4. The molecule has 0 aromatic heterocycles. The van der Waals surface area contributed by atoms with Crippen LogP contribution in [0, 0.1) is 23.0 Å². The monoisotopic (exact) mass is 459 g/mol. The molecule has 2 N–H and O–H groups in total. The Morgan fingerprint density at radius 3 is 2.50 bits per heavy atom. The van der Waals surface area contributed by atoms with Crippen LogP contribution in [0.4, 0.5) is 8.78 Å². The largest absolute Gasteiger partial charge is 0.337 e. The van der Waals surface area contributed by atoms with E-state index in [9.17, 15) is 19.2 Å². The molecule has 34 heavy (non-hydrogen) atoms. The molecular formula is C27H23F2N3O2. The zero-order valence-corrected chi connectivity index (χ0v) is 18.6. The number of halogens is 2. The van der Waals surface area contributed by atoms with E-state index < -0.39 is 11.6 Å². The molecule has 1 heterocycles. The average molecular weight is 459 g/mol. The zero-order chi connectivity index (χ0) is 24.4. The van der Waals surface area contributed by atoms with Crippen LogP contribution in [0.1, 0.15) is 34.8 Å². The normalized spacial score (nSPS) is 15.3. The number of likely N-dealkylation sites (tertiary alicyclic amines) is 1. The number of Topliss-reactive ketones (excluding diaryl/α,β-unsaturated/α-hetero) is 1. The van der Waals surface area contributed by atoms with E-state index in [1.165, 1.54) is 31.2 Å². The van der Waals surface area contributed by atoms with Crippen molar-refractivity contribution in [1.29, 1.82) is 5.26 Å². The van der Waals surface area contributed by atoms with Crippen LogP contribution in [0.25, 0.3) is 22.3 Å². The van der Waals surface area contributed by atoms with Gasteiger partial charge in [0.1, 0.15) is 23.5 Å². The number of nitriles is 1. The van der Waals surface area contributed by atoms with Crippen LogP contribution in [-0.4, -0.2) is 35.7 Å². The van der Waals surface area contributed by atoms with Crippen molar-refractivity contribution in [2.24, 2.45) is 5.73 Å². The molecule has 0 unspecified atom stereocenters. The third-order valence-corrected chi connectivity index (χ3v) is 5.94. The highest BCUT2D eigenvalue weighted by atomic mass is 19.1. The molecule has 1 saturated heterocycles. The number of nitrogens with two attached hydrogens (primary N) is 1. The average Bonchev–Trinajstić information content (AvgIpc) is 3.24. The lowest BCUT2D eigenvalue weighted by Gasteiger charge is -2.17. The Kier molecular flexibility index (Phi) is 6.53. The molecule has 0 aliphatic carbocycles. The first-order chi connectivity index (χ1) is 16.3. The molecule has 0 bridgehead atoms. The van der Waals surface area contributed by atoms with Gasteiger partial charge in [-0.15, -0.1) is 0 Å². The summed E-state index contributed by atoms with van der Waals surface area (Å²) < 4.78 is 29.8. The molecule has 1 atom stereocenters. The number of nitrogens with zero attached hydrogens (tertiary/aromatic N) is 2. The Morgan fingerprint density at radius 1 is 1.06 bits per heavy atom. The van der Waals surface area contributed by atoms with E-state index in [0.717, 1.165) is 6.42 Å². The van der Waals surface area contributed by atoms with Gasteiger partial charge in [-0.2, -0.15) is 5.26 Å². The minimum atomic E-state index is -0.739. The fraction of sp³-hybridized carbons (Fsp3) is 0.222. The maximum absolute atomic E-state index is 15.1. The predicted octanol–water partition coefficient (Wildman–Crippen LogP) is 4.48. The Labute approximate surface area is 196 Å². The van der Waals surface area contributed by atoms with Gasteiger partial charge in [0.2, 0.25) is 0 Å². The van der Waals surface area contributed by atoms with Gasteiger partial charge in [-0.3, -0.25) is 9.59 Å². The predicted molar refractivity (Wildman–Crippen MR) is 125 cm³/mol. The van der Waals surface area contributed by atoms with Crippen LogP contribution in [0.3, 0.4) is 0 Å². The van der Waals surface area contributed by atoms with Crippen molar-refractivity contribution in [3.63, 3.8) is 0 Å². The van der Waals surface area contributed by atoms with Crippen LogP contribution >= 0.6 is 0 Å². The van der Waals surface area contributed by atoms with E-state index in [4.69, 9.17) is 5.73 Å². The summed E-state index contributed by atoms with van der Waals surface area (Å²) in [6.45, 7) is 2.46. The van der Waals surface area contributed by atoms with Crippen molar-refractivity contribution in [3.8, 4) is 28.3 Å². The lowest BCUT2D eigenvalue weighted by Crippen LogP contribution is -2.31. The highest BCUT2D eigenvalue weighted by Crippen LogP contribution is 2.36. The molecule has 1 fully saturated rings. The Morgan fingerprint density at radius 2 is 1.85 bits per heavy atom. The highest BCUT2D eigenvalue weighted by molar-refractivity contribution is 5.96. The molecule has 5 nitrogen and oxygen atoms in total. The van der Waals surface area contributed by atoms with Crippen molar-refractivity contribution >= 4 is 11.7 Å². The Hall–Kier alpha value is -3.89. The second kappa shape index (κ2) is 9.54. The number of ketones is 1. The topological polar surface area (TPSA) is 87.2 Å². The number of amides is 1. The van der Waals surface area contributed by atoms with E-state index in [-0.39, 0.29) is 35.3 Å². The Bertz CT molecular complexity index is 1330. The second-order valence-electron chi connectivity index (χ2n) is 8.56. The van der Waals surface area contributed by atoms with E-state index in [2.05, 4.69) is 0 Å². The van der Waals surface area contributed by atoms with Gasteiger partial charge in [0.25, 0.3) is 5.91 Å². The van der Waals surface area contributed by atoms with Crippen LogP contribution in [0.2, 0.25) is 0 Å². The van der Waals surface area contributed by atoms with E-state index in [1.54, 1.807) is 41.3 Å². The molecule has 0 spiro atoms. The summed E-state index contributed by atoms with van der Waals surface area (Å²) in [5, 5.41) is 9.34. The van der Waals surface area contributed by atoms with Crippen molar-refractivity contribution in [2.45, 2.75) is 25.8 Å². The number of hydrogen-bond donors (Lipinski definition) is 1. The SMILES string of the molecule is CC(=O)Cc1ccc(-c2cc(C#N)c(F)cc2-c2cccc(C(=O)N3CC[C@H](N)C3)c2)c(F)c1. The summed E-state index contributed by atoms with van der Waals surface area (Å²) in [6, 6.07) is 15.4. The van der Waals surface area contributed by atoms with Crippen molar-refractivity contribution in [1.82, 2.24) is 4.90 Å². The number of carbonyl (C=O) groups excluding carboxylic acids is 2. The standard InChI is InChI=1S/C27H23F2N3O2/c1-16(33)9-17-5-6-22(26(29)10-17)24-12-20(14-30)25(28)13-23(24)18-3-2-4-19(11-18)27(34)32-8-7-21(31)15-32/h2-6,10-13,21H,7-9,15,31H2,1H3/t21-/m0/s1. The molecule has 1 aliphatic heterocycles. The van der Waals surface area contributed by atoms with Crippen molar-refractivity contribution in [3.05, 3.63) is 82.9 Å². The quantitative estimate of drug-likeness (QED) is 0.610. The van der Waals surface area contributed by atoms with Gasteiger partial charge in [-0.05, 0) is 65.9 Å². The summed E-state index contributed by atoms with van der Waals surface area (Å²) in [6.07, 6.45) is 0.830. The maximum atomic E-state index is 15.1. The zero-order valence-electron chi connectivity index (χ0n) is 18.6. The van der Waals surface area contributed by atoms with Crippen molar-refractivity contribution in [2.75, 3.05) is 13.1 Å².